The fourth-order valence-corrected chi connectivity index (χ4v) is 4.08. The van der Waals surface area contributed by atoms with Crippen molar-refractivity contribution in [2.24, 2.45) is 0 Å². The summed E-state index contributed by atoms with van der Waals surface area (Å²) in [6.07, 6.45) is 10.4. The summed E-state index contributed by atoms with van der Waals surface area (Å²) in [6, 6.07) is 12.9. The van der Waals surface area contributed by atoms with Crippen molar-refractivity contribution in [3.63, 3.8) is 0 Å². The van der Waals surface area contributed by atoms with E-state index < -0.39 is 0 Å². The average Bonchev–Trinajstić information content (AvgIpc) is 3.17. The van der Waals surface area contributed by atoms with E-state index >= 15 is 0 Å². The Bertz CT molecular complexity index is 1110. The number of pyridine rings is 1. The molecule has 0 atom stereocenters. The predicted molar refractivity (Wildman–Crippen MR) is 110 cm³/mol. The summed E-state index contributed by atoms with van der Waals surface area (Å²) in [5.41, 5.74) is 4.26. The molecule has 0 amide bonds. The lowest BCUT2D eigenvalue weighted by Crippen LogP contribution is -2.30. The lowest BCUT2D eigenvalue weighted by molar-refractivity contribution is 0.0681. The Morgan fingerprint density at radius 1 is 1.07 bits per heavy atom. The van der Waals surface area contributed by atoms with E-state index in [4.69, 9.17) is 4.74 Å². The first-order valence-corrected chi connectivity index (χ1v) is 9.79. The van der Waals surface area contributed by atoms with Crippen molar-refractivity contribution in [3.8, 4) is 11.1 Å². The largest absolute Gasteiger partial charge is 0.381 e. The number of nitrogens with zero attached hydrogens (tertiary/aromatic N) is 4. The van der Waals surface area contributed by atoms with E-state index in [0.29, 0.717) is 18.1 Å². The van der Waals surface area contributed by atoms with E-state index in [1.165, 1.54) is 0 Å². The van der Waals surface area contributed by atoms with Gasteiger partial charge in [0.25, 0.3) is 0 Å². The summed E-state index contributed by atoms with van der Waals surface area (Å²) in [4.78, 5) is 8.97. The van der Waals surface area contributed by atoms with Crippen LogP contribution in [0.4, 0.5) is 5.95 Å². The minimum atomic E-state index is 0.394. The monoisotopic (exact) mass is 373 g/mol. The fraction of sp³-hybridized carbons (Fsp3) is 0.318. The third kappa shape index (κ3) is 3.20. The lowest BCUT2D eigenvalue weighted by Gasteiger charge is -2.28. The van der Waals surface area contributed by atoms with Crippen LogP contribution in [0.15, 0.2) is 55.0 Å². The van der Waals surface area contributed by atoms with Gasteiger partial charge in [0, 0.05) is 36.5 Å². The molecule has 3 heterocycles. The molecule has 1 saturated carbocycles. The molecule has 1 fully saturated rings. The number of anilines is 1. The van der Waals surface area contributed by atoms with Crippen LogP contribution >= 0.6 is 0 Å². The molecule has 142 valence electrons. The number of rotatable bonds is 4. The minimum absolute atomic E-state index is 0.394. The Kier molecular flexibility index (Phi) is 4.41. The van der Waals surface area contributed by atoms with Crippen LogP contribution in [0, 0.1) is 0 Å². The van der Waals surface area contributed by atoms with Gasteiger partial charge in [0.2, 0.25) is 5.95 Å². The van der Waals surface area contributed by atoms with Gasteiger partial charge in [0.05, 0.1) is 23.3 Å². The van der Waals surface area contributed by atoms with Gasteiger partial charge >= 0.3 is 0 Å². The van der Waals surface area contributed by atoms with Gasteiger partial charge in [0.15, 0.2) is 0 Å². The third-order valence-electron chi connectivity index (χ3n) is 5.67. The summed E-state index contributed by atoms with van der Waals surface area (Å²) < 4.78 is 7.35. The van der Waals surface area contributed by atoms with Crippen molar-refractivity contribution in [2.75, 3.05) is 12.4 Å². The lowest BCUT2D eigenvalue weighted by atomic mass is 9.93. The summed E-state index contributed by atoms with van der Waals surface area (Å²) in [5, 5.41) is 9.28. The smallest absolute Gasteiger partial charge is 0.241 e. The van der Waals surface area contributed by atoms with Gasteiger partial charge in [0.1, 0.15) is 0 Å². The predicted octanol–water partition coefficient (Wildman–Crippen LogP) is 4.31. The molecule has 0 radical (unpaired) electrons. The second-order valence-corrected chi connectivity index (χ2v) is 7.41. The second kappa shape index (κ2) is 7.20. The maximum absolute atomic E-state index is 5.45. The maximum atomic E-state index is 5.45. The third-order valence-corrected chi connectivity index (χ3v) is 5.67. The molecular weight excluding hydrogens is 350 g/mol. The van der Waals surface area contributed by atoms with Crippen molar-refractivity contribution >= 4 is 22.4 Å². The number of benzene rings is 1. The number of hydrogen-bond acceptors (Lipinski definition) is 5. The van der Waals surface area contributed by atoms with Gasteiger partial charge in [-0.1, -0.05) is 12.1 Å². The Hall–Kier alpha value is -2.99. The second-order valence-electron chi connectivity index (χ2n) is 7.41. The summed E-state index contributed by atoms with van der Waals surface area (Å²) in [6.45, 7) is 0. The number of ether oxygens (including phenoxy) is 1. The van der Waals surface area contributed by atoms with Crippen molar-refractivity contribution in [2.45, 2.75) is 37.8 Å². The molecule has 0 aliphatic heterocycles. The molecule has 5 rings (SSSR count). The number of nitrogens with one attached hydrogen (secondary N) is 1. The Labute approximate surface area is 163 Å². The quantitative estimate of drug-likeness (QED) is 0.577. The zero-order valence-electron chi connectivity index (χ0n) is 15.9. The van der Waals surface area contributed by atoms with Crippen molar-refractivity contribution < 1.29 is 4.74 Å². The standard InChI is InChI=1S/C22H23N5O/c1-28-18-7-5-17(6-8-18)25-22-24-14-21-19(10-12-27(21)26-22)15-4-9-20-16(13-15)3-2-11-23-20/h2-4,9-14,17-18H,5-8H2,1H3,(H,25,26). The topological polar surface area (TPSA) is 64.3 Å². The highest BCUT2D eigenvalue weighted by Crippen LogP contribution is 2.28. The maximum Gasteiger partial charge on any atom is 0.241 e. The number of hydrogen-bond donors (Lipinski definition) is 1. The van der Waals surface area contributed by atoms with Crippen LogP contribution in [-0.2, 0) is 4.74 Å². The zero-order chi connectivity index (χ0) is 18.9. The van der Waals surface area contributed by atoms with Gasteiger partial charge in [-0.2, -0.15) is 0 Å². The van der Waals surface area contributed by atoms with E-state index in [1.54, 1.807) is 7.11 Å². The Morgan fingerprint density at radius 3 is 2.82 bits per heavy atom. The van der Waals surface area contributed by atoms with Crippen LogP contribution in [0.5, 0.6) is 0 Å². The van der Waals surface area contributed by atoms with E-state index in [2.05, 4.69) is 50.7 Å². The molecule has 1 aromatic carbocycles. The van der Waals surface area contributed by atoms with Crippen LogP contribution in [0.1, 0.15) is 25.7 Å². The SMILES string of the molecule is COC1CCC(Nc2ncc3c(-c4ccc5ncccc5c4)ccn3n2)CC1. The fourth-order valence-electron chi connectivity index (χ4n) is 4.08. The van der Waals surface area contributed by atoms with Gasteiger partial charge in [-0.15, -0.1) is 5.10 Å². The minimum Gasteiger partial charge on any atom is -0.381 e. The summed E-state index contributed by atoms with van der Waals surface area (Å²) in [7, 11) is 1.80. The van der Waals surface area contributed by atoms with Crippen LogP contribution in [-0.4, -0.2) is 38.8 Å². The first-order chi connectivity index (χ1) is 13.8. The molecule has 4 aromatic rings. The van der Waals surface area contributed by atoms with Gasteiger partial charge in [-0.05, 0) is 55.5 Å². The normalized spacial score (nSPS) is 19.9. The van der Waals surface area contributed by atoms with E-state index in [9.17, 15) is 0 Å². The van der Waals surface area contributed by atoms with Crippen LogP contribution < -0.4 is 5.32 Å². The number of methoxy groups -OCH3 is 1. The van der Waals surface area contributed by atoms with E-state index in [1.807, 2.05) is 29.2 Å². The molecule has 1 aliphatic rings. The van der Waals surface area contributed by atoms with Crippen LogP contribution in [0.25, 0.3) is 27.5 Å². The molecule has 3 aromatic heterocycles. The highest BCUT2D eigenvalue weighted by Gasteiger charge is 2.21. The molecule has 0 bridgehead atoms. The first kappa shape index (κ1) is 17.1. The molecule has 28 heavy (non-hydrogen) atoms. The zero-order valence-corrected chi connectivity index (χ0v) is 15.9. The van der Waals surface area contributed by atoms with Crippen LogP contribution in [0.2, 0.25) is 0 Å². The summed E-state index contributed by atoms with van der Waals surface area (Å²) >= 11 is 0. The number of fused-ring (bicyclic) bond motifs is 2. The first-order valence-electron chi connectivity index (χ1n) is 9.79. The van der Waals surface area contributed by atoms with Crippen molar-refractivity contribution in [1.29, 1.82) is 0 Å². The van der Waals surface area contributed by atoms with Gasteiger partial charge in [-0.3, -0.25) is 4.98 Å². The molecule has 0 unspecified atom stereocenters. The van der Waals surface area contributed by atoms with Gasteiger partial charge < -0.3 is 10.1 Å². The molecule has 1 N–H and O–H groups in total. The Morgan fingerprint density at radius 2 is 1.96 bits per heavy atom. The molecule has 6 nitrogen and oxygen atoms in total. The van der Waals surface area contributed by atoms with E-state index in [0.717, 1.165) is 53.2 Å². The molecule has 0 saturated heterocycles. The van der Waals surface area contributed by atoms with Crippen LogP contribution in [0.3, 0.4) is 0 Å². The highest BCUT2D eigenvalue weighted by molar-refractivity contribution is 5.88. The molecular formula is C22H23N5O. The van der Waals surface area contributed by atoms with E-state index in [-0.39, 0.29) is 0 Å². The van der Waals surface area contributed by atoms with Crippen molar-refractivity contribution in [1.82, 2.24) is 19.6 Å². The summed E-state index contributed by atoms with van der Waals surface area (Å²) in [5.74, 6) is 0.679. The highest BCUT2D eigenvalue weighted by atomic mass is 16.5. The van der Waals surface area contributed by atoms with Crippen molar-refractivity contribution in [3.05, 3.63) is 55.0 Å². The number of aromatic nitrogens is 4. The molecule has 1 aliphatic carbocycles. The molecule has 6 heteroatoms. The average molecular weight is 373 g/mol. The van der Waals surface area contributed by atoms with Gasteiger partial charge in [-0.25, -0.2) is 9.50 Å². The Balaban J connectivity index is 1.40. The molecule has 0 spiro atoms.